The fraction of sp³-hybridized carbons (Fsp3) is 0.357. The second-order valence-electron chi connectivity index (χ2n) is 5.39. The third-order valence-electron chi connectivity index (χ3n) is 4.02. The van der Waals surface area contributed by atoms with Crippen LogP contribution >= 0.6 is 0 Å². The molecule has 110 valence electrons. The molecule has 0 saturated carbocycles. The number of likely N-dealkylation sites (tertiary alicyclic amines) is 1. The van der Waals surface area contributed by atoms with Crippen LogP contribution in [-0.4, -0.2) is 41.4 Å². The lowest BCUT2D eigenvalue weighted by Gasteiger charge is -2.23. The van der Waals surface area contributed by atoms with E-state index < -0.39 is 17.6 Å². The van der Waals surface area contributed by atoms with Gasteiger partial charge in [-0.05, 0) is 12.0 Å². The molecule has 0 radical (unpaired) electrons. The predicted octanol–water partition coefficient (Wildman–Crippen LogP) is -0.503. The van der Waals surface area contributed by atoms with Crippen molar-refractivity contribution in [2.75, 3.05) is 13.1 Å². The van der Waals surface area contributed by atoms with Gasteiger partial charge in [-0.25, -0.2) is 4.79 Å². The standard InChI is InChI=1S/C14H16N4O3/c15-10(9-4-2-1-3-5-9)11(19)18-7-6-14(8-18)12(20)16-13(21)17-14/h1-5,10H,6-8,15H2,(H2,16,17,20,21)/t10-,14?/m0/s1. The van der Waals surface area contributed by atoms with Crippen molar-refractivity contribution in [1.82, 2.24) is 15.5 Å². The van der Waals surface area contributed by atoms with E-state index >= 15 is 0 Å². The third kappa shape index (κ3) is 2.25. The van der Waals surface area contributed by atoms with Crippen molar-refractivity contribution >= 4 is 17.8 Å². The van der Waals surface area contributed by atoms with Crippen molar-refractivity contribution in [3.8, 4) is 0 Å². The molecule has 1 unspecified atom stereocenters. The van der Waals surface area contributed by atoms with Crippen molar-refractivity contribution in [3.05, 3.63) is 35.9 Å². The van der Waals surface area contributed by atoms with Crippen molar-refractivity contribution < 1.29 is 14.4 Å². The van der Waals surface area contributed by atoms with Gasteiger partial charge < -0.3 is 16.0 Å². The SMILES string of the molecule is N[C@H](C(=O)N1CCC2(C1)NC(=O)NC2=O)c1ccccc1. The summed E-state index contributed by atoms with van der Waals surface area (Å²) >= 11 is 0. The van der Waals surface area contributed by atoms with Crippen LogP contribution in [0.5, 0.6) is 0 Å². The number of nitrogens with one attached hydrogen (secondary N) is 2. The minimum atomic E-state index is -0.997. The Labute approximate surface area is 121 Å². The van der Waals surface area contributed by atoms with Gasteiger partial charge in [-0.1, -0.05) is 30.3 Å². The van der Waals surface area contributed by atoms with Gasteiger partial charge in [-0.2, -0.15) is 0 Å². The zero-order chi connectivity index (χ0) is 15.0. The molecular weight excluding hydrogens is 272 g/mol. The molecule has 2 fully saturated rings. The van der Waals surface area contributed by atoms with Crippen LogP contribution in [0.2, 0.25) is 0 Å². The monoisotopic (exact) mass is 288 g/mol. The molecule has 2 aliphatic heterocycles. The normalized spacial score (nSPS) is 25.9. The highest BCUT2D eigenvalue weighted by molar-refractivity contribution is 6.07. The molecule has 1 aromatic rings. The zero-order valence-electron chi connectivity index (χ0n) is 11.3. The fourth-order valence-corrected chi connectivity index (χ4v) is 2.81. The number of benzene rings is 1. The predicted molar refractivity (Wildman–Crippen MR) is 74.0 cm³/mol. The van der Waals surface area contributed by atoms with Crippen LogP contribution in [0.1, 0.15) is 18.0 Å². The third-order valence-corrected chi connectivity index (χ3v) is 4.02. The summed E-state index contributed by atoms with van der Waals surface area (Å²) in [6.07, 6.45) is 0.401. The number of carbonyl (C=O) groups excluding carboxylic acids is 3. The lowest BCUT2D eigenvalue weighted by molar-refractivity contribution is -0.132. The second kappa shape index (κ2) is 4.85. The van der Waals surface area contributed by atoms with Crippen LogP contribution in [-0.2, 0) is 9.59 Å². The first-order chi connectivity index (χ1) is 10.0. The Morgan fingerprint density at radius 1 is 1.29 bits per heavy atom. The Bertz CT molecular complexity index is 603. The van der Waals surface area contributed by atoms with Gasteiger partial charge in [0.1, 0.15) is 11.6 Å². The van der Waals surface area contributed by atoms with Crippen LogP contribution < -0.4 is 16.4 Å². The summed E-state index contributed by atoms with van der Waals surface area (Å²) in [5.74, 6) is -0.622. The number of hydrogen-bond acceptors (Lipinski definition) is 4. The number of rotatable bonds is 2. The van der Waals surface area contributed by atoms with Crippen LogP contribution in [0.25, 0.3) is 0 Å². The van der Waals surface area contributed by atoms with Gasteiger partial charge in [-0.15, -0.1) is 0 Å². The molecule has 0 bridgehead atoms. The number of nitrogens with two attached hydrogens (primary N) is 1. The first kappa shape index (κ1) is 13.6. The molecule has 2 atom stereocenters. The maximum absolute atomic E-state index is 12.4. The Morgan fingerprint density at radius 2 is 2.00 bits per heavy atom. The summed E-state index contributed by atoms with van der Waals surface area (Å²) < 4.78 is 0. The maximum Gasteiger partial charge on any atom is 0.322 e. The van der Waals surface area contributed by atoms with Gasteiger partial charge in [0, 0.05) is 6.54 Å². The van der Waals surface area contributed by atoms with Gasteiger partial charge in [0.05, 0.1) is 6.54 Å². The first-order valence-electron chi connectivity index (χ1n) is 6.75. The van der Waals surface area contributed by atoms with E-state index in [0.29, 0.717) is 13.0 Å². The number of urea groups is 1. The fourth-order valence-electron chi connectivity index (χ4n) is 2.81. The van der Waals surface area contributed by atoms with Crippen molar-refractivity contribution in [2.24, 2.45) is 5.73 Å². The molecule has 4 amide bonds. The summed E-state index contributed by atoms with van der Waals surface area (Å²) in [6, 6.07) is 7.79. The molecule has 1 aromatic carbocycles. The molecule has 3 rings (SSSR count). The smallest absolute Gasteiger partial charge is 0.322 e. The highest BCUT2D eigenvalue weighted by Crippen LogP contribution is 2.26. The average molecular weight is 288 g/mol. The van der Waals surface area contributed by atoms with Crippen LogP contribution in [0, 0.1) is 0 Å². The van der Waals surface area contributed by atoms with Crippen LogP contribution in [0.4, 0.5) is 4.79 Å². The average Bonchev–Trinajstić information content (AvgIpc) is 3.03. The van der Waals surface area contributed by atoms with Crippen LogP contribution in [0.3, 0.4) is 0 Å². The minimum Gasteiger partial charge on any atom is -0.338 e. The number of hydrogen-bond donors (Lipinski definition) is 3. The van der Waals surface area contributed by atoms with Gasteiger partial charge in [0.2, 0.25) is 5.91 Å². The van der Waals surface area contributed by atoms with E-state index in [1.807, 2.05) is 18.2 Å². The van der Waals surface area contributed by atoms with Gasteiger partial charge in [0.15, 0.2) is 0 Å². The van der Waals surface area contributed by atoms with E-state index in [-0.39, 0.29) is 18.4 Å². The van der Waals surface area contributed by atoms with E-state index in [1.165, 1.54) is 4.90 Å². The Hall–Kier alpha value is -2.41. The van der Waals surface area contributed by atoms with Crippen molar-refractivity contribution in [1.29, 1.82) is 0 Å². The molecule has 2 saturated heterocycles. The van der Waals surface area contributed by atoms with Gasteiger partial charge >= 0.3 is 6.03 Å². The summed E-state index contributed by atoms with van der Waals surface area (Å²) in [5.41, 5.74) is 5.72. The quantitative estimate of drug-likeness (QED) is 0.638. The van der Waals surface area contributed by atoms with Gasteiger partial charge in [-0.3, -0.25) is 14.9 Å². The molecule has 0 aromatic heterocycles. The van der Waals surface area contributed by atoms with E-state index in [1.54, 1.807) is 12.1 Å². The lowest BCUT2D eigenvalue weighted by atomic mass is 9.99. The summed E-state index contributed by atoms with van der Waals surface area (Å²) in [7, 11) is 0. The number of amides is 4. The molecule has 7 nitrogen and oxygen atoms in total. The number of carbonyl (C=O) groups is 3. The largest absolute Gasteiger partial charge is 0.338 e. The zero-order valence-corrected chi connectivity index (χ0v) is 11.3. The molecule has 2 aliphatic rings. The first-order valence-corrected chi connectivity index (χ1v) is 6.75. The van der Waals surface area contributed by atoms with Crippen LogP contribution in [0.15, 0.2) is 30.3 Å². The lowest BCUT2D eigenvalue weighted by Crippen LogP contribution is -2.50. The van der Waals surface area contributed by atoms with E-state index in [9.17, 15) is 14.4 Å². The van der Waals surface area contributed by atoms with Crippen molar-refractivity contribution in [2.45, 2.75) is 18.0 Å². The molecular formula is C14H16N4O3. The van der Waals surface area contributed by atoms with E-state index in [0.717, 1.165) is 5.56 Å². The van der Waals surface area contributed by atoms with E-state index in [4.69, 9.17) is 5.73 Å². The Morgan fingerprint density at radius 3 is 2.62 bits per heavy atom. The summed E-state index contributed by atoms with van der Waals surface area (Å²) in [6.45, 7) is 0.553. The number of nitrogens with zero attached hydrogens (tertiary/aromatic N) is 1. The Balaban J connectivity index is 1.73. The molecule has 1 spiro atoms. The topological polar surface area (TPSA) is 105 Å². The molecule has 4 N–H and O–H groups in total. The molecule has 7 heteroatoms. The second-order valence-corrected chi connectivity index (χ2v) is 5.39. The minimum absolute atomic E-state index is 0.157. The summed E-state index contributed by atoms with van der Waals surface area (Å²) in [5, 5.41) is 4.82. The maximum atomic E-state index is 12.4. The molecule has 2 heterocycles. The van der Waals surface area contributed by atoms with Gasteiger partial charge in [0.25, 0.3) is 5.91 Å². The molecule has 0 aliphatic carbocycles. The number of imide groups is 1. The highest BCUT2D eigenvalue weighted by Gasteiger charge is 2.52. The Kier molecular flexibility index (Phi) is 3.13. The molecule has 21 heavy (non-hydrogen) atoms. The van der Waals surface area contributed by atoms with Crippen molar-refractivity contribution in [3.63, 3.8) is 0 Å². The van der Waals surface area contributed by atoms with E-state index in [2.05, 4.69) is 10.6 Å². The summed E-state index contributed by atoms with van der Waals surface area (Å²) in [4.78, 5) is 37.1. The highest BCUT2D eigenvalue weighted by atomic mass is 16.2.